The molecule has 176 valence electrons. The van der Waals surface area contributed by atoms with E-state index in [9.17, 15) is 27.5 Å². The average Bonchev–Trinajstić information content (AvgIpc) is 3.28. The molecule has 4 nitrogen and oxygen atoms in total. The number of carboxylic acid groups (broad SMARTS) is 1. The monoisotopic (exact) mass is 557 g/mol. The smallest absolute Gasteiger partial charge is 0.545 e. The molecule has 0 aliphatic heterocycles. The minimum Gasteiger partial charge on any atom is -0.545 e. The Balaban J connectivity index is 0.00000342. The first-order valence-corrected chi connectivity index (χ1v) is 11.1. The van der Waals surface area contributed by atoms with E-state index in [1.807, 2.05) is 6.07 Å². The molecular weight excluding hydrogens is 541 g/mol. The van der Waals surface area contributed by atoms with E-state index >= 15 is 0 Å². The Morgan fingerprint density at radius 2 is 1.74 bits per heavy atom. The Labute approximate surface area is 229 Å². The summed E-state index contributed by atoms with van der Waals surface area (Å²) in [5.41, 5.74) is 0.854. The van der Waals surface area contributed by atoms with E-state index in [2.05, 4.69) is 20.9 Å². The second kappa shape index (κ2) is 11.2. The van der Waals surface area contributed by atoms with E-state index < -0.39 is 23.4 Å². The van der Waals surface area contributed by atoms with Crippen molar-refractivity contribution < 1.29 is 61.8 Å². The molecule has 35 heavy (non-hydrogen) atoms. The molecule has 0 saturated carbocycles. The Morgan fingerprint density at radius 3 is 2.40 bits per heavy atom. The third-order valence-electron chi connectivity index (χ3n) is 5.52. The fraction of sp³-hybridized carbons (Fsp3) is 0.200. The van der Waals surface area contributed by atoms with Gasteiger partial charge >= 0.3 is 35.7 Å². The van der Waals surface area contributed by atoms with Gasteiger partial charge in [0, 0.05) is 21.8 Å². The minimum atomic E-state index is -4.91. The zero-order valence-corrected chi connectivity index (χ0v) is 22.2. The number of hydrogen-bond acceptors (Lipinski definition) is 4. The molecule has 0 atom stereocenters. The summed E-state index contributed by atoms with van der Waals surface area (Å²) >= 11 is 3.44. The van der Waals surface area contributed by atoms with Gasteiger partial charge in [0.25, 0.3) is 0 Å². The molecule has 0 saturated heterocycles. The van der Waals surface area contributed by atoms with Crippen LogP contribution in [0.5, 0.6) is 5.75 Å². The van der Waals surface area contributed by atoms with Crippen molar-refractivity contribution in [3.05, 3.63) is 93.0 Å². The first-order chi connectivity index (χ1) is 16.1. The summed E-state index contributed by atoms with van der Waals surface area (Å²) in [6.07, 6.45) is -1.96. The molecule has 10 heteroatoms. The van der Waals surface area contributed by atoms with Gasteiger partial charge in [-0.1, -0.05) is 28.1 Å². The summed E-state index contributed by atoms with van der Waals surface area (Å²) in [5.74, 6) is -1.75. The number of aromatic carboxylic acids is 1. The second-order valence-corrected chi connectivity index (χ2v) is 8.69. The maximum atomic E-state index is 13.2. The number of nitrogens with zero attached hydrogens (tertiary/aromatic N) is 1. The number of hydrogen-bond donors (Lipinski definition) is 0. The number of rotatable bonds is 6. The molecule has 0 amide bonds. The molecule has 0 unspecified atom stereocenters. The van der Waals surface area contributed by atoms with E-state index in [0.717, 1.165) is 39.9 Å². The van der Waals surface area contributed by atoms with Gasteiger partial charge in [0.15, 0.2) is 5.69 Å². The van der Waals surface area contributed by atoms with Crippen molar-refractivity contribution in [2.24, 2.45) is 0 Å². The Hall–Kier alpha value is -2.20. The Morgan fingerprint density at radius 1 is 1.06 bits per heavy atom. The van der Waals surface area contributed by atoms with E-state index in [1.165, 1.54) is 12.1 Å². The standard InChI is InChI=1S/C25H18BrF4NO3.Na/c26-16-6-9-22(34-13-14-4-7-17(27)8-5-14)20(11-16)19-3-1-2-18(19)15-10-21(24(32)33)23(31-12-15)25(28,29)30;/h4-12H,1-3,13H2,(H,32,33);/q;+1/p-1. The van der Waals surface area contributed by atoms with Gasteiger partial charge in [-0.05, 0) is 77.9 Å². The zero-order valence-electron chi connectivity index (χ0n) is 18.6. The summed E-state index contributed by atoms with van der Waals surface area (Å²) in [5, 5.41) is 11.4. The number of benzene rings is 2. The van der Waals surface area contributed by atoms with Crippen LogP contribution < -0.4 is 39.4 Å². The van der Waals surface area contributed by atoms with Crippen LogP contribution >= 0.6 is 15.9 Å². The number of alkyl halides is 3. The van der Waals surface area contributed by atoms with Gasteiger partial charge in [-0.3, -0.25) is 4.98 Å². The van der Waals surface area contributed by atoms with Crippen molar-refractivity contribution in [3.63, 3.8) is 0 Å². The van der Waals surface area contributed by atoms with Gasteiger partial charge in [0.1, 0.15) is 18.2 Å². The Bertz CT molecular complexity index is 1280. The van der Waals surface area contributed by atoms with Crippen LogP contribution in [0.4, 0.5) is 17.6 Å². The van der Waals surface area contributed by atoms with Crippen molar-refractivity contribution in [3.8, 4) is 5.75 Å². The number of aromatic nitrogens is 1. The molecule has 1 heterocycles. The van der Waals surface area contributed by atoms with Gasteiger partial charge in [0.05, 0.1) is 5.97 Å². The van der Waals surface area contributed by atoms with E-state index in [0.29, 0.717) is 29.7 Å². The summed E-state index contributed by atoms with van der Waals surface area (Å²) in [6, 6.07) is 12.3. The molecule has 0 bridgehead atoms. The van der Waals surface area contributed by atoms with Gasteiger partial charge in [-0.2, -0.15) is 13.2 Å². The predicted molar refractivity (Wildman–Crippen MR) is 119 cm³/mol. The molecule has 0 fully saturated rings. The van der Waals surface area contributed by atoms with Crippen molar-refractivity contribution in [2.45, 2.75) is 32.0 Å². The largest absolute Gasteiger partial charge is 1.00 e. The van der Waals surface area contributed by atoms with Crippen LogP contribution in [0.1, 0.15) is 52.0 Å². The molecule has 0 N–H and O–H groups in total. The Kier molecular flexibility index (Phi) is 8.80. The third-order valence-corrected chi connectivity index (χ3v) is 6.01. The first-order valence-electron chi connectivity index (χ1n) is 10.3. The molecule has 2 aromatic carbocycles. The normalized spacial score (nSPS) is 13.5. The van der Waals surface area contributed by atoms with Gasteiger partial charge in [0.2, 0.25) is 0 Å². The molecule has 1 aromatic heterocycles. The summed E-state index contributed by atoms with van der Waals surface area (Å²) < 4.78 is 59.5. The number of pyridine rings is 1. The minimum absolute atomic E-state index is 0. The van der Waals surface area contributed by atoms with E-state index in [-0.39, 0.29) is 42.0 Å². The van der Waals surface area contributed by atoms with Gasteiger partial charge in [-0.25, -0.2) is 4.39 Å². The van der Waals surface area contributed by atoms with Crippen LogP contribution in [0.2, 0.25) is 0 Å². The van der Waals surface area contributed by atoms with Crippen LogP contribution in [0, 0.1) is 5.82 Å². The molecule has 4 rings (SSSR count). The SMILES string of the molecule is O=C([O-])c1cc(C2=C(c3cc(Br)ccc3OCc3ccc(F)cc3)CCC2)cnc1C(F)(F)F.[Na+]. The number of ether oxygens (including phenoxy) is 1. The topological polar surface area (TPSA) is 62.2 Å². The summed E-state index contributed by atoms with van der Waals surface area (Å²) in [4.78, 5) is 14.8. The van der Waals surface area contributed by atoms with Gasteiger partial charge in [-0.15, -0.1) is 0 Å². The van der Waals surface area contributed by atoms with Gasteiger partial charge < -0.3 is 14.6 Å². The quantitative estimate of drug-likeness (QED) is 0.345. The average molecular weight is 558 g/mol. The number of halogens is 5. The second-order valence-electron chi connectivity index (χ2n) is 7.77. The van der Waals surface area contributed by atoms with E-state index in [4.69, 9.17) is 4.74 Å². The maximum absolute atomic E-state index is 13.2. The fourth-order valence-corrected chi connectivity index (χ4v) is 4.34. The van der Waals surface area contributed by atoms with Crippen LogP contribution in [0.3, 0.4) is 0 Å². The molecule has 1 aliphatic carbocycles. The summed E-state index contributed by atoms with van der Waals surface area (Å²) in [6.45, 7) is 0.189. The van der Waals surface area contributed by atoms with Crippen molar-refractivity contribution >= 4 is 33.0 Å². The van der Waals surface area contributed by atoms with Crippen LogP contribution in [0.25, 0.3) is 11.1 Å². The van der Waals surface area contributed by atoms with Crippen LogP contribution in [-0.2, 0) is 12.8 Å². The van der Waals surface area contributed by atoms with Crippen molar-refractivity contribution in [2.75, 3.05) is 0 Å². The third kappa shape index (κ3) is 6.33. The summed E-state index contributed by atoms with van der Waals surface area (Å²) in [7, 11) is 0. The van der Waals surface area contributed by atoms with Crippen LogP contribution in [-0.4, -0.2) is 11.0 Å². The molecule has 3 aromatic rings. The number of carbonyl (C=O) groups is 1. The van der Waals surface area contributed by atoms with E-state index in [1.54, 1.807) is 24.3 Å². The molecular formula is C25H17BrF4NNaO3. The number of carboxylic acids is 1. The maximum Gasteiger partial charge on any atom is 1.00 e. The molecule has 0 spiro atoms. The van der Waals surface area contributed by atoms with Crippen LogP contribution in [0.15, 0.2) is 59.2 Å². The number of allylic oxidation sites excluding steroid dienone is 2. The number of carbonyl (C=O) groups excluding carboxylic acids is 1. The molecule has 1 aliphatic rings. The molecule has 0 radical (unpaired) electrons. The van der Waals surface area contributed by atoms with Crippen molar-refractivity contribution in [1.29, 1.82) is 0 Å². The van der Waals surface area contributed by atoms with Crippen molar-refractivity contribution in [1.82, 2.24) is 4.98 Å². The zero-order chi connectivity index (χ0) is 24.5. The first kappa shape index (κ1) is 27.4. The fourth-order valence-electron chi connectivity index (χ4n) is 3.98. The predicted octanol–water partition coefficient (Wildman–Crippen LogP) is 3.04.